The fraction of sp³-hybridized carbons (Fsp3) is 0.846. The van der Waals surface area contributed by atoms with E-state index in [4.69, 9.17) is 5.11 Å². The predicted molar refractivity (Wildman–Crippen MR) is 63.3 cm³/mol. The molecule has 4 heteroatoms. The molecule has 3 atom stereocenters. The summed E-state index contributed by atoms with van der Waals surface area (Å²) < 4.78 is 0. The Labute approximate surface area is 102 Å². The zero-order valence-corrected chi connectivity index (χ0v) is 10.7. The Bertz CT molecular complexity index is 335. The second-order valence-corrected chi connectivity index (χ2v) is 6.43. The highest BCUT2D eigenvalue weighted by Crippen LogP contribution is 2.57. The van der Waals surface area contributed by atoms with Crippen molar-refractivity contribution in [2.45, 2.75) is 46.1 Å². The van der Waals surface area contributed by atoms with Gasteiger partial charge in [-0.05, 0) is 30.1 Å². The van der Waals surface area contributed by atoms with Crippen LogP contribution in [-0.4, -0.2) is 23.0 Å². The van der Waals surface area contributed by atoms with Gasteiger partial charge in [-0.25, -0.2) is 4.79 Å². The van der Waals surface area contributed by atoms with Gasteiger partial charge in [0.1, 0.15) is 6.04 Å². The number of carboxylic acid groups (broad SMARTS) is 1. The summed E-state index contributed by atoms with van der Waals surface area (Å²) in [4.78, 5) is 23.2. The van der Waals surface area contributed by atoms with Crippen molar-refractivity contribution in [2.24, 2.45) is 23.2 Å². The third-order valence-corrected chi connectivity index (χ3v) is 4.11. The molecule has 0 saturated heterocycles. The number of nitrogens with one attached hydrogen (secondary N) is 1. The second-order valence-electron chi connectivity index (χ2n) is 6.43. The highest BCUT2D eigenvalue weighted by atomic mass is 16.4. The van der Waals surface area contributed by atoms with Crippen LogP contribution >= 0.6 is 0 Å². The minimum atomic E-state index is -0.948. The number of carbonyl (C=O) groups excluding carboxylic acids is 1. The molecule has 0 aromatic rings. The highest BCUT2D eigenvalue weighted by Gasteiger charge is 2.57. The number of carbonyl (C=O) groups is 2. The van der Waals surface area contributed by atoms with Crippen LogP contribution in [0, 0.1) is 23.2 Å². The molecule has 0 aromatic carbocycles. The van der Waals surface area contributed by atoms with Crippen LogP contribution in [0.2, 0.25) is 0 Å². The van der Waals surface area contributed by atoms with Crippen LogP contribution in [0.1, 0.15) is 40.0 Å². The summed E-state index contributed by atoms with van der Waals surface area (Å²) in [5, 5.41) is 11.9. The molecule has 3 unspecified atom stereocenters. The van der Waals surface area contributed by atoms with Gasteiger partial charge in [0, 0.05) is 5.92 Å². The monoisotopic (exact) mass is 239 g/mol. The number of hydrogen-bond donors (Lipinski definition) is 2. The maximum Gasteiger partial charge on any atom is 0.326 e. The Hall–Kier alpha value is -1.06. The van der Waals surface area contributed by atoms with E-state index in [1.165, 1.54) is 6.42 Å². The molecule has 2 N–H and O–H groups in total. The minimum absolute atomic E-state index is 0.0537. The molecule has 2 aliphatic carbocycles. The lowest BCUT2D eigenvalue weighted by atomic mass is 9.86. The molecule has 96 valence electrons. The van der Waals surface area contributed by atoms with E-state index in [0.29, 0.717) is 11.8 Å². The third kappa shape index (κ3) is 2.31. The standard InChI is InChI=1S/C13H21NO3/c1-13(2,3)10(12(16)17)14-11(15)9-7-5-4-6-8(7)9/h7-10H,4-6H2,1-3H3,(H,14,15)(H,16,17). The van der Waals surface area contributed by atoms with E-state index < -0.39 is 17.4 Å². The van der Waals surface area contributed by atoms with E-state index in [1.54, 1.807) is 0 Å². The lowest BCUT2D eigenvalue weighted by Gasteiger charge is -2.28. The number of rotatable bonds is 3. The van der Waals surface area contributed by atoms with Crippen molar-refractivity contribution in [1.29, 1.82) is 0 Å². The van der Waals surface area contributed by atoms with E-state index in [9.17, 15) is 9.59 Å². The van der Waals surface area contributed by atoms with E-state index >= 15 is 0 Å². The SMILES string of the molecule is CC(C)(C)C(NC(=O)C1C2CCCC21)C(=O)O. The first kappa shape index (κ1) is 12.4. The van der Waals surface area contributed by atoms with Crippen molar-refractivity contribution < 1.29 is 14.7 Å². The normalized spacial score (nSPS) is 32.8. The van der Waals surface area contributed by atoms with Crippen molar-refractivity contribution in [3.8, 4) is 0 Å². The molecule has 0 radical (unpaired) electrons. The average Bonchev–Trinajstić information content (AvgIpc) is 2.66. The fourth-order valence-electron chi connectivity index (χ4n) is 3.10. The topological polar surface area (TPSA) is 66.4 Å². The van der Waals surface area contributed by atoms with Gasteiger partial charge in [-0.15, -0.1) is 0 Å². The first-order chi connectivity index (χ1) is 7.82. The molecule has 2 fully saturated rings. The van der Waals surface area contributed by atoms with E-state index in [1.807, 2.05) is 20.8 Å². The Morgan fingerprint density at radius 2 is 1.76 bits per heavy atom. The number of fused-ring (bicyclic) bond motifs is 1. The lowest BCUT2D eigenvalue weighted by molar-refractivity contribution is -0.145. The molecule has 2 rings (SSSR count). The Kier molecular flexibility index (Phi) is 2.92. The number of carboxylic acids is 1. The molecule has 0 aromatic heterocycles. The number of aliphatic carboxylic acids is 1. The minimum Gasteiger partial charge on any atom is -0.480 e. The summed E-state index contributed by atoms with van der Waals surface area (Å²) in [6.45, 7) is 5.50. The average molecular weight is 239 g/mol. The molecule has 1 amide bonds. The van der Waals surface area contributed by atoms with Gasteiger partial charge in [0.2, 0.25) is 5.91 Å². The number of amides is 1. The summed E-state index contributed by atoms with van der Waals surface area (Å²) in [5.41, 5.74) is -0.453. The molecule has 2 saturated carbocycles. The van der Waals surface area contributed by atoms with Crippen LogP contribution in [0.25, 0.3) is 0 Å². The Morgan fingerprint density at radius 3 is 2.18 bits per heavy atom. The molecule has 2 aliphatic rings. The smallest absolute Gasteiger partial charge is 0.326 e. The Balaban J connectivity index is 1.95. The van der Waals surface area contributed by atoms with Gasteiger partial charge in [-0.2, -0.15) is 0 Å². The van der Waals surface area contributed by atoms with Gasteiger partial charge in [-0.3, -0.25) is 4.79 Å². The van der Waals surface area contributed by atoms with E-state index in [0.717, 1.165) is 12.8 Å². The largest absolute Gasteiger partial charge is 0.480 e. The molecular weight excluding hydrogens is 218 g/mol. The van der Waals surface area contributed by atoms with Gasteiger partial charge >= 0.3 is 5.97 Å². The van der Waals surface area contributed by atoms with Gasteiger partial charge in [0.05, 0.1) is 0 Å². The van der Waals surface area contributed by atoms with Gasteiger partial charge in [-0.1, -0.05) is 27.2 Å². The maximum atomic E-state index is 12.0. The lowest BCUT2D eigenvalue weighted by Crippen LogP contribution is -2.49. The predicted octanol–water partition coefficient (Wildman–Crippen LogP) is 1.65. The zero-order valence-electron chi connectivity index (χ0n) is 10.7. The van der Waals surface area contributed by atoms with Crippen molar-refractivity contribution in [3.05, 3.63) is 0 Å². The van der Waals surface area contributed by atoms with Crippen LogP contribution in [0.15, 0.2) is 0 Å². The summed E-state index contributed by atoms with van der Waals surface area (Å²) in [6, 6.07) is -0.795. The van der Waals surface area contributed by atoms with Gasteiger partial charge in [0.25, 0.3) is 0 Å². The first-order valence-electron chi connectivity index (χ1n) is 6.35. The first-order valence-corrected chi connectivity index (χ1v) is 6.35. The quantitative estimate of drug-likeness (QED) is 0.787. The van der Waals surface area contributed by atoms with Crippen LogP contribution in [0.5, 0.6) is 0 Å². The molecule has 0 heterocycles. The second kappa shape index (κ2) is 4.00. The molecule has 0 aliphatic heterocycles. The van der Waals surface area contributed by atoms with Gasteiger partial charge < -0.3 is 10.4 Å². The van der Waals surface area contributed by atoms with Crippen LogP contribution < -0.4 is 5.32 Å². The fourth-order valence-corrected chi connectivity index (χ4v) is 3.10. The maximum absolute atomic E-state index is 12.0. The summed E-state index contributed by atoms with van der Waals surface area (Å²) in [7, 11) is 0. The van der Waals surface area contributed by atoms with Crippen molar-refractivity contribution >= 4 is 11.9 Å². The highest BCUT2D eigenvalue weighted by molar-refractivity contribution is 5.87. The van der Waals surface area contributed by atoms with Gasteiger partial charge in [0.15, 0.2) is 0 Å². The Morgan fingerprint density at radius 1 is 1.24 bits per heavy atom. The van der Waals surface area contributed by atoms with Crippen molar-refractivity contribution in [1.82, 2.24) is 5.32 Å². The summed E-state index contributed by atoms with van der Waals surface area (Å²) in [6.07, 6.45) is 3.49. The zero-order chi connectivity index (χ0) is 12.8. The summed E-state index contributed by atoms with van der Waals surface area (Å²) >= 11 is 0. The van der Waals surface area contributed by atoms with Crippen LogP contribution in [-0.2, 0) is 9.59 Å². The molecular formula is C13H21NO3. The molecule has 0 bridgehead atoms. The van der Waals surface area contributed by atoms with Crippen LogP contribution in [0.3, 0.4) is 0 Å². The van der Waals surface area contributed by atoms with E-state index in [-0.39, 0.29) is 11.8 Å². The van der Waals surface area contributed by atoms with E-state index in [2.05, 4.69) is 5.32 Å². The molecule has 0 spiro atoms. The summed E-state index contributed by atoms with van der Waals surface area (Å²) in [5.74, 6) is 0.153. The number of hydrogen-bond acceptors (Lipinski definition) is 2. The van der Waals surface area contributed by atoms with Crippen molar-refractivity contribution in [3.63, 3.8) is 0 Å². The van der Waals surface area contributed by atoms with Crippen LogP contribution in [0.4, 0.5) is 0 Å². The molecule has 17 heavy (non-hydrogen) atoms. The molecule has 4 nitrogen and oxygen atoms in total. The van der Waals surface area contributed by atoms with Crippen molar-refractivity contribution in [2.75, 3.05) is 0 Å². The third-order valence-electron chi connectivity index (χ3n) is 4.11.